The number of halogens is 2. The minimum absolute atomic E-state index is 0.175. The number of rotatable bonds is 3. The Bertz CT molecular complexity index is 465. The average Bonchev–Trinajstić information content (AvgIpc) is 2.84. The molecule has 2 aliphatic heterocycles. The number of hydrogen-bond acceptors (Lipinski definition) is 3. The third kappa shape index (κ3) is 3.22. The molecular formula is C15H19BrFNO2. The van der Waals surface area contributed by atoms with Gasteiger partial charge in [0.15, 0.2) is 0 Å². The zero-order chi connectivity index (χ0) is 14.1. The summed E-state index contributed by atoms with van der Waals surface area (Å²) >= 11 is 3.27. The lowest BCUT2D eigenvalue weighted by Gasteiger charge is -2.37. The molecule has 2 fully saturated rings. The molecule has 0 bridgehead atoms. The molecule has 110 valence electrons. The standard InChI is InChI=1S/C15H19BrFNO2/c16-11-4-10(5-12(17)7-11)6-14(19)15-8-18-3-1-2-13(18)9-20-15/h4-5,7,13-15,19H,1-3,6,8-9H2. The van der Waals surface area contributed by atoms with Gasteiger partial charge in [0.2, 0.25) is 0 Å². The van der Waals surface area contributed by atoms with E-state index in [-0.39, 0.29) is 11.9 Å². The second-order valence-electron chi connectivity index (χ2n) is 5.71. The SMILES string of the molecule is OC(Cc1cc(F)cc(Br)c1)C1CN2CCCC2CO1. The Morgan fingerprint density at radius 3 is 3.10 bits per heavy atom. The van der Waals surface area contributed by atoms with E-state index < -0.39 is 6.10 Å². The van der Waals surface area contributed by atoms with Crippen LogP contribution in [0.25, 0.3) is 0 Å². The van der Waals surface area contributed by atoms with Crippen LogP contribution in [0.15, 0.2) is 22.7 Å². The van der Waals surface area contributed by atoms with E-state index in [4.69, 9.17) is 4.74 Å². The number of fused-ring (bicyclic) bond motifs is 1. The van der Waals surface area contributed by atoms with Gasteiger partial charge < -0.3 is 9.84 Å². The number of hydrogen-bond donors (Lipinski definition) is 1. The summed E-state index contributed by atoms with van der Waals surface area (Å²) in [5, 5.41) is 10.3. The smallest absolute Gasteiger partial charge is 0.124 e. The van der Waals surface area contributed by atoms with Gasteiger partial charge in [-0.3, -0.25) is 4.90 Å². The van der Waals surface area contributed by atoms with Crippen LogP contribution in [0.1, 0.15) is 18.4 Å². The van der Waals surface area contributed by atoms with E-state index in [0.717, 1.165) is 18.7 Å². The largest absolute Gasteiger partial charge is 0.390 e. The molecule has 2 saturated heterocycles. The summed E-state index contributed by atoms with van der Waals surface area (Å²) in [7, 11) is 0. The van der Waals surface area contributed by atoms with Crippen LogP contribution in [0.5, 0.6) is 0 Å². The molecule has 0 spiro atoms. The lowest BCUT2D eigenvalue weighted by Crippen LogP contribution is -2.50. The molecule has 0 amide bonds. The Balaban J connectivity index is 1.62. The third-order valence-electron chi connectivity index (χ3n) is 4.21. The lowest BCUT2D eigenvalue weighted by molar-refractivity contribution is -0.101. The van der Waals surface area contributed by atoms with Gasteiger partial charge in [0.05, 0.1) is 18.8 Å². The quantitative estimate of drug-likeness (QED) is 0.914. The van der Waals surface area contributed by atoms with E-state index >= 15 is 0 Å². The van der Waals surface area contributed by atoms with E-state index in [0.29, 0.717) is 23.5 Å². The van der Waals surface area contributed by atoms with Gasteiger partial charge in [-0.25, -0.2) is 4.39 Å². The van der Waals surface area contributed by atoms with Crippen LogP contribution in [0.4, 0.5) is 4.39 Å². The predicted molar refractivity (Wildman–Crippen MR) is 78.1 cm³/mol. The molecule has 3 nitrogen and oxygen atoms in total. The van der Waals surface area contributed by atoms with Crippen molar-refractivity contribution in [3.8, 4) is 0 Å². The molecule has 0 radical (unpaired) electrons. The van der Waals surface area contributed by atoms with E-state index in [1.165, 1.54) is 25.0 Å². The van der Waals surface area contributed by atoms with Gasteiger partial charge in [0.1, 0.15) is 5.82 Å². The first-order chi connectivity index (χ1) is 9.61. The fraction of sp³-hybridized carbons (Fsp3) is 0.600. The van der Waals surface area contributed by atoms with E-state index in [9.17, 15) is 9.50 Å². The summed E-state index contributed by atoms with van der Waals surface area (Å²) in [6.07, 6.45) is 2.06. The molecule has 0 saturated carbocycles. The predicted octanol–water partition coefficient (Wildman–Crippen LogP) is 2.35. The molecule has 1 aromatic rings. The monoisotopic (exact) mass is 343 g/mol. The number of ether oxygens (including phenoxy) is 1. The van der Waals surface area contributed by atoms with Crippen molar-refractivity contribution in [2.75, 3.05) is 19.7 Å². The Morgan fingerprint density at radius 2 is 2.30 bits per heavy atom. The Kier molecular flexibility index (Phi) is 4.40. The minimum Gasteiger partial charge on any atom is -0.390 e. The van der Waals surface area contributed by atoms with E-state index in [1.807, 2.05) is 6.07 Å². The highest BCUT2D eigenvalue weighted by atomic mass is 79.9. The van der Waals surface area contributed by atoms with Crippen LogP contribution in [0.2, 0.25) is 0 Å². The maximum Gasteiger partial charge on any atom is 0.124 e. The fourth-order valence-electron chi connectivity index (χ4n) is 3.18. The highest BCUT2D eigenvalue weighted by molar-refractivity contribution is 9.10. The van der Waals surface area contributed by atoms with Crippen molar-refractivity contribution in [2.45, 2.75) is 37.5 Å². The number of aliphatic hydroxyl groups is 1. The van der Waals surface area contributed by atoms with Crippen LogP contribution >= 0.6 is 15.9 Å². The molecule has 0 aliphatic carbocycles. The highest BCUT2D eigenvalue weighted by Crippen LogP contribution is 2.25. The van der Waals surface area contributed by atoms with Gasteiger partial charge in [-0.15, -0.1) is 0 Å². The zero-order valence-corrected chi connectivity index (χ0v) is 12.9. The third-order valence-corrected chi connectivity index (χ3v) is 4.67. The van der Waals surface area contributed by atoms with E-state index in [2.05, 4.69) is 20.8 Å². The minimum atomic E-state index is -0.592. The molecule has 2 aliphatic rings. The highest BCUT2D eigenvalue weighted by Gasteiger charge is 2.35. The molecule has 3 unspecified atom stereocenters. The first kappa shape index (κ1) is 14.4. The summed E-state index contributed by atoms with van der Waals surface area (Å²) in [6, 6.07) is 5.26. The summed E-state index contributed by atoms with van der Waals surface area (Å²) < 4.78 is 19.8. The maximum atomic E-state index is 13.3. The summed E-state index contributed by atoms with van der Waals surface area (Å²) in [4.78, 5) is 2.40. The Hall–Kier alpha value is -0.490. The normalized spacial score (nSPS) is 28.4. The molecule has 1 aromatic carbocycles. The zero-order valence-electron chi connectivity index (χ0n) is 11.3. The van der Waals surface area contributed by atoms with Crippen molar-refractivity contribution in [2.24, 2.45) is 0 Å². The van der Waals surface area contributed by atoms with Gasteiger partial charge in [-0.2, -0.15) is 0 Å². The first-order valence-electron chi connectivity index (χ1n) is 7.10. The van der Waals surface area contributed by atoms with Crippen molar-refractivity contribution in [1.82, 2.24) is 4.90 Å². The average molecular weight is 344 g/mol. The van der Waals surface area contributed by atoms with Gasteiger partial charge in [-0.1, -0.05) is 15.9 Å². The van der Waals surface area contributed by atoms with Gasteiger partial charge >= 0.3 is 0 Å². The second kappa shape index (κ2) is 6.10. The van der Waals surface area contributed by atoms with Crippen LogP contribution in [-0.4, -0.2) is 48.0 Å². The molecule has 5 heteroatoms. The van der Waals surface area contributed by atoms with Crippen molar-refractivity contribution < 1.29 is 14.2 Å². The molecule has 3 rings (SSSR count). The molecule has 20 heavy (non-hydrogen) atoms. The Morgan fingerprint density at radius 1 is 1.45 bits per heavy atom. The number of morpholine rings is 1. The van der Waals surface area contributed by atoms with Gasteiger partial charge in [0.25, 0.3) is 0 Å². The molecular weight excluding hydrogens is 325 g/mol. The van der Waals surface area contributed by atoms with Crippen molar-refractivity contribution in [3.05, 3.63) is 34.1 Å². The van der Waals surface area contributed by atoms with Crippen molar-refractivity contribution in [1.29, 1.82) is 0 Å². The van der Waals surface area contributed by atoms with Gasteiger partial charge in [0, 0.05) is 23.5 Å². The summed E-state index contributed by atoms with van der Waals surface area (Å²) in [5.41, 5.74) is 0.788. The van der Waals surface area contributed by atoms with Crippen LogP contribution in [0, 0.1) is 5.82 Å². The lowest BCUT2D eigenvalue weighted by atomic mass is 10.0. The number of nitrogens with zero attached hydrogens (tertiary/aromatic N) is 1. The summed E-state index contributed by atoms with van der Waals surface area (Å²) in [6.45, 7) is 2.58. The topological polar surface area (TPSA) is 32.7 Å². The van der Waals surface area contributed by atoms with Gasteiger partial charge in [-0.05, 0) is 43.1 Å². The molecule has 3 atom stereocenters. The number of benzene rings is 1. The van der Waals surface area contributed by atoms with Crippen LogP contribution < -0.4 is 0 Å². The van der Waals surface area contributed by atoms with Crippen LogP contribution in [-0.2, 0) is 11.2 Å². The maximum absolute atomic E-state index is 13.3. The molecule has 1 N–H and O–H groups in total. The van der Waals surface area contributed by atoms with Crippen molar-refractivity contribution in [3.63, 3.8) is 0 Å². The summed E-state index contributed by atoms with van der Waals surface area (Å²) in [5.74, 6) is -0.286. The molecule has 2 heterocycles. The second-order valence-corrected chi connectivity index (χ2v) is 6.63. The first-order valence-corrected chi connectivity index (χ1v) is 7.90. The van der Waals surface area contributed by atoms with E-state index in [1.54, 1.807) is 0 Å². The fourth-order valence-corrected chi connectivity index (χ4v) is 3.69. The number of aliphatic hydroxyl groups excluding tert-OH is 1. The Labute approximate surface area is 126 Å². The van der Waals surface area contributed by atoms with Crippen LogP contribution in [0.3, 0.4) is 0 Å². The van der Waals surface area contributed by atoms with Crippen molar-refractivity contribution >= 4 is 15.9 Å². The molecule has 0 aromatic heterocycles.